The highest BCUT2D eigenvalue weighted by atomic mass is 16.5. The van der Waals surface area contributed by atoms with E-state index in [0.717, 1.165) is 30.6 Å². The lowest BCUT2D eigenvalue weighted by Crippen LogP contribution is -2.17. The van der Waals surface area contributed by atoms with Crippen molar-refractivity contribution in [3.05, 3.63) is 23.8 Å². The smallest absolute Gasteiger partial charge is 0.124 e. The molecule has 2 fully saturated rings. The van der Waals surface area contributed by atoms with Crippen LogP contribution in [-0.4, -0.2) is 19.8 Å². The van der Waals surface area contributed by atoms with Crippen LogP contribution in [0.1, 0.15) is 44.1 Å². The van der Waals surface area contributed by atoms with E-state index < -0.39 is 0 Å². The average Bonchev–Trinajstić information content (AvgIpc) is 3.17. The van der Waals surface area contributed by atoms with Gasteiger partial charge in [-0.3, -0.25) is 0 Å². The standard InChI is InChI=1S/C17H25NO2/c1-19-16-8-9-17(20-12-13-4-2-3-5-13)14(10-16)11-18-15-6-7-15/h8-10,13,15,18H,2-7,11-12H2,1H3. The van der Waals surface area contributed by atoms with Crippen LogP contribution < -0.4 is 14.8 Å². The Morgan fingerprint density at radius 2 is 1.95 bits per heavy atom. The van der Waals surface area contributed by atoms with E-state index in [2.05, 4.69) is 17.4 Å². The summed E-state index contributed by atoms with van der Waals surface area (Å²) in [4.78, 5) is 0. The molecule has 1 N–H and O–H groups in total. The van der Waals surface area contributed by atoms with E-state index in [9.17, 15) is 0 Å². The fourth-order valence-corrected chi connectivity index (χ4v) is 2.89. The molecule has 2 aliphatic carbocycles. The zero-order valence-electron chi connectivity index (χ0n) is 12.4. The van der Waals surface area contributed by atoms with Gasteiger partial charge < -0.3 is 14.8 Å². The molecule has 2 saturated carbocycles. The summed E-state index contributed by atoms with van der Waals surface area (Å²) < 4.78 is 11.4. The van der Waals surface area contributed by atoms with Crippen molar-refractivity contribution in [2.24, 2.45) is 5.92 Å². The van der Waals surface area contributed by atoms with Crippen LogP contribution in [0.25, 0.3) is 0 Å². The molecule has 0 aliphatic heterocycles. The summed E-state index contributed by atoms with van der Waals surface area (Å²) in [6, 6.07) is 6.85. The number of methoxy groups -OCH3 is 1. The van der Waals surface area contributed by atoms with Crippen LogP contribution in [0.2, 0.25) is 0 Å². The highest BCUT2D eigenvalue weighted by Gasteiger charge is 2.21. The molecule has 1 aromatic carbocycles. The van der Waals surface area contributed by atoms with Crippen molar-refractivity contribution in [2.75, 3.05) is 13.7 Å². The SMILES string of the molecule is COc1ccc(OCC2CCCC2)c(CNC2CC2)c1. The van der Waals surface area contributed by atoms with Crippen molar-refractivity contribution < 1.29 is 9.47 Å². The lowest BCUT2D eigenvalue weighted by molar-refractivity contribution is 0.249. The zero-order chi connectivity index (χ0) is 13.8. The fourth-order valence-electron chi connectivity index (χ4n) is 2.89. The predicted octanol–water partition coefficient (Wildman–Crippen LogP) is 3.52. The molecule has 110 valence electrons. The number of ether oxygens (including phenoxy) is 2. The molecule has 2 aliphatic rings. The zero-order valence-corrected chi connectivity index (χ0v) is 12.4. The summed E-state index contributed by atoms with van der Waals surface area (Å²) in [7, 11) is 1.71. The van der Waals surface area contributed by atoms with Crippen LogP contribution in [0.4, 0.5) is 0 Å². The molecule has 0 saturated heterocycles. The first-order chi connectivity index (χ1) is 9.85. The van der Waals surface area contributed by atoms with Gasteiger partial charge >= 0.3 is 0 Å². The molecule has 20 heavy (non-hydrogen) atoms. The van der Waals surface area contributed by atoms with E-state index in [1.54, 1.807) is 7.11 Å². The van der Waals surface area contributed by atoms with E-state index in [1.807, 2.05) is 6.07 Å². The topological polar surface area (TPSA) is 30.5 Å². The van der Waals surface area contributed by atoms with Gasteiger partial charge in [-0.25, -0.2) is 0 Å². The molecule has 1 aromatic rings. The molecule has 0 atom stereocenters. The second-order valence-corrected chi connectivity index (χ2v) is 6.09. The Morgan fingerprint density at radius 1 is 1.15 bits per heavy atom. The Hall–Kier alpha value is -1.22. The third kappa shape index (κ3) is 3.66. The minimum Gasteiger partial charge on any atom is -0.497 e. The summed E-state index contributed by atoms with van der Waals surface area (Å²) in [5, 5.41) is 3.56. The van der Waals surface area contributed by atoms with Crippen molar-refractivity contribution in [3.8, 4) is 11.5 Å². The van der Waals surface area contributed by atoms with Gasteiger partial charge in [-0.2, -0.15) is 0 Å². The molecule has 0 aromatic heterocycles. The van der Waals surface area contributed by atoms with Crippen LogP contribution in [0, 0.1) is 5.92 Å². The minimum absolute atomic E-state index is 0.712. The maximum atomic E-state index is 6.08. The Kier molecular flexibility index (Phi) is 4.46. The van der Waals surface area contributed by atoms with Gasteiger partial charge in [0.2, 0.25) is 0 Å². The average molecular weight is 275 g/mol. The van der Waals surface area contributed by atoms with Gasteiger partial charge in [0.15, 0.2) is 0 Å². The van der Waals surface area contributed by atoms with Gasteiger partial charge in [0.1, 0.15) is 11.5 Å². The second kappa shape index (κ2) is 6.49. The third-order valence-corrected chi connectivity index (χ3v) is 4.38. The molecular weight excluding hydrogens is 250 g/mol. The highest BCUT2D eigenvalue weighted by Crippen LogP contribution is 2.29. The van der Waals surface area contributed by atoms with Gasteiger partial charge in [-0.15, -0.1) is 0 Å². The van der Waals surface area contributed by atoms with Crippen LogP contribution in [0.3, 0.4) is 0 Å². The van der Waals surface area contributed by atoms with Crippen molar-refractivity contribution in [1.82, 2.24) is 5.32 Å². The first-order valence-electron chi connectivity index (χ1n) is 7.88. The van der Waals surface area contributed by atoms with Crippen LogP contribution in [-0.2, 0) is 6.54 Å². The second-order valence-electron chi connectivity index (χ2n) is 6.09. The van der Waals surface area contributed by atoms with Gasteiger partial charge in [0.05, 0.1) is 13.7 Å². The van der Waals surface area contributed by atoms with Gasteiger partial charge in [-0.1, -0.05) is 12.8 Å². The van der Waals surface area contributed by atoms with E-state index in [0.29, 0.717) is 6.04 Å². The van der Waals surface area contributed by atoms with E-state index >= 15 is 0 Å². The minimum atomic E-state index is 0.712. The van der Waals surface area contributed by atoms with E-state index in [4.69, 9.17) is 9.47 Å². The number of hydrogen-bond acceptors (Lipinski definition) is 3. The molecule has 3 heteroatoms. The van der Waals surface area contributed by atoms with Crippen molar-refractivity contribution in [2.45, 2.75) is 51.1 Å². The van der Waals surface area contributed by atoms with Crippen LogP contribution in [0.5, 0.6) is 11.5 Å². The van der Waals surface area contributed by atoms with Gasteiger partial charge in [0, 0.05) is 18.2 Å². The Morgan fingerprint density at radius 3 is 2.65 bits per heavy atom. The molecule has 0 amide bonds. The summed E-state index contributed by atoms with van der Waals surface area (Å²) in [6.45, 7) is 1.74. The Balaban J connectivity index is 1.62. The highest BCUT2D eigenvalue weighted by molar-refractivity contribution is 5.40. The number of hydrogen-bond donors (Lipinski definition) is 1. The maximum absolute atomic E-state index is 6.08. The first-order valence-corrected chi connectivity index (χ1v) is 7.88. The number of rotatable bonds is 7. The van der Waals surface area contributed by atoms with Crippen LogP contribution in [0.15, 0.2) is 18.2 Å². The summed E-state index contributed by atoms with van der Waals surface area (Å²) in [5.41, 5.74) is 1.22. The van der Waals surface area contributed by atoms with Gasteiger partial charge in [-0.05, 0) is 49.8 Å². The lowest BCUT2D eigenvalue weighted by Gasteiger charge is -2.16. The number of nitrogens with one attached hydrogen (secondary N) is 1. The molecular formula is C17H25NO2. The largest absolute Gasteiger partial charge is 0.497 e. The Labute approximate surface area is 121 Å². The number of benzene rings is 1. The molecule has 0 spiro atoms. The molecule has 3 rings (SSSR count). The lowest BCUT2D eigenvalue weighted by atomic mass is 10.1. The van der Waals surface area contributed by atoms with Gasteiger partial charge in [0.25, 0.3) is 0 Å². The molecule has 0 radical (unpaired) electrons. The molecule has 0 bridgehead atoms. The summed E-state index contributed by atoms with van der Waals surface area (Å²) in [6.07, 6.45) is 8.00. The summed E-state index contributed by atoms with van der Waals surface area (Å²) in [5.74, 6) is 2.68. The summed E-state index contributed by atoms with van der Waals surface area (Å²) >= 11 is 0. The first kappa shape index (κ1) is 13.7. The van der Waals surface area contributed by atoms with Crippen LogP contribution >= 0.6 is 0 Å². The molecule has 0 heterocycles. The van der Waals surface area contributed by atoms with E-state index in [-0.39, 0.29) is 0 Å². The monoisotopic (exact) mass is 275 g/mol. The van der Waals surface area contributed by atoms with Crippen molar-refractivity contribution in [3.63, 3.8) is 0 Å². The van der Waals surface area contributed by atoms with E-state index in [1.165, 1.54) is 44.1 Å². The normalized spacial score (nSPS) is 19.2. The maximum Gasteiger partial charge on any atom is 0.124 e. The third-order valence-electron chi connectivity index (χ3n) is 4.38. The Bertz CT molecular complexity index is 437. The predicted molar refractivity (Wildman–Crippen MR) is 80.3 cm³/mol. The molecule has 3 nitrogen and oxygen atoms in total. The fraction of sp³-hybridized carbons (Fsp3) is 0.647. The van der Waals surface area contributed by atoms with Crippen molar-refractivity contribution in [1.29, 1.82) is 0 Å². The van der Waals surface area contributed by atoms with Crippen molar-refractivity contribution >= 4 is 0 Å². The molecule has 0 unspecified atom stereocenters. The quantitative estimate of drug-likeness (QED) is 0.826.